The minimum atomic E-state index is -1.15. The van der Waals surface area contributed by atoms with Gasteiger partial charge < -0.3 is 5.32 Å². The number of halogens is 2. The lowest BCUT2D eigenvalue weighted by molar-refractivity contribution is -0.386. The van der Waals surface area contributed by atoms with Crippen LogP contribution in [0.1, 0.15) is 46.0 Å². The van der Waals surface area contributed by atoms with Gasteiger partial charge in [0.2, 0.25) is 5.82 Å². The zero-order valence-electron chi connectivity index (χ0n) is 12.5. The molecule has 4 nitrogen and oxygen atoms in total. The van der Waals surface area contributed by atoms with Gasteiger partial charge in [-0.15, -0.1) is 0 Å². The molecule has 0 unspecified atom stereocenters. The van der Waals surface area contributed by atoms with Gasteiger partial charge in [-0.25, -0.2) is 4.39 Å². The van der Waals surface area contributed by atoms with E-state index in [1.807, 2.05) is 0 Å². The molecule has 0 heterocycles. The number of nitrogens with zero attached hydrogens (tertiary/aromatic N) is 1. The van der Waals surface area contributed by atoms with Gasteiger partial charge in [-0.2, -0.15) is 4.39 Å². The van der Waals surface area contributed by atoms with Crippen molar-refractivity contribution in [2.75, 3.05) is 11.9 Å². The molecule has 0 aromatic heterocycles. The van der Waals surface area contributed by atoms with Gasteiger partial charge in [0.05, 0.1) is 4.92 Å². The summed E-state index contributed by atoms with van der Waals surface area (Å²) in [4.78, 5) is 9.96. The fourth-order valence-corrected chi connectivity index (χ4v) is 2.14. The lowest BCUT2D eigenvalue weighted by atomic mass is 10.0. The first-order valence-corrected chi connectivity index (χ1v) is 7.29. The molecule has 0 saturated carbocycles. The average molecular weight is 300 g/mol. The molecular formula is C15H22F2N2O2. The Kier molecular flexibility index (Phi) is 7.05. The van der Waals surface area contributed by atoms with Crippen molar-refractivity contribution < 1.29 is 13.7 Å². The molecule has 0 aliphatic rings. The third-order valence-corrected chi connectivity index (χ3v) is 3.23. The molecule has 0 amide bonds. The van der Waals surface area contributed by atoms with E-state index in [0.717, 1.165) is 31.7 Å². The maximum Gasteiger partial charge on any atom is 0.327 e. The highest BCUT2D eigenvalue weighted by atomic mass is 19.1. The number of unbranched alkanes of at least 4 members (excludes halogenated alkanes) is 3. The summed E-state index contributed by atoms with van der Waals surface area (Å²) < 4.78 is 26.5. The van der Waals surface area contributed by atoms with Crippen molar-refractivity contribution in [2.45, 2.75) is 46.0 Å². The fourth-order valence-electron chi connectivity index (χ4n) is 2.14. The van der Waals surface area contributed by atoms with Crippen LogP contribution in [0.2, 0.25) is 0 Å². The quantitative estimate of drug-likeness (QED) is 0.401. The Bertz CT molecular complexity index is 479. The molecule has 0 spiro atoms. The second-order valence-corrected chi connectivity index (χ2v) is 5.56. The standard InChI is InChI=1S/C15H22F2N2O2/c1-11(2)7-5-3-4-6-8-18-14-10-12(16)9-13(17)15(14)19(20)21/h9-11,18H,3-8H2,1-2H3. The van der Waals surface area contributed by atoms with E-state index in [9.17, 15) is 18.9 Å². The molecule has 6 heteroatoms. The van der Waals surface area contributed by atoms with Gasteiger partial charge in [-0.05, 0) is 12.3 Å². The van der Waals surface area contributed by atoms with Crippen molar-refractivity contribution in [1.29, 1.82) is 0 Å². The molecular weight excluding hydrogens is 278 g/mol. The average Bonchev–Trinajstić information content (AvgIpc) is 2.35. The minimum absolute atomic E-state index is 0.0975. The molecule has 0 bridgehead atoms. The normalized spacial score (nSPS) is 10.9. The minimum Gasteiger partial charge on any atom is -0.379 e. The van der Waals surface area contributed by atoms with Crippen molar-refractivity contribution in [1.82, 2.24) is 0 Å². The summed E-state index contributed by atoms with van der Waals surface area (Å²) in [7, 11) is 0. The van der Waals surface area contributed by atoms with Crippen LogP contribution in [0.5, 0.6) is 0 Å². The van der Waals surface area contributed by atoms with E-state index in [0.29, 0.717) is 18.5 Å². The van der Waals surface area contributed by atoms with E-state index in [2.05, 4.69) is 19.2 Å². The Morgan fingerprint density at radius 1 is 1.19 bits per heavy atom. The first-order chi connectivity index (χ1) is 9.91. The number of hydrogen-bond donors (Lipinski definition) is 1. The number of hydrogen-bond acceptors (Lipinski definition) is 3. The van der Waals surface area contributed by atoms with Crippen LogP contribution in [-0.2, 0) is 0 Å². The van der Waals surface area contributed by atoms with Crippen LogP contribution < -0.4 is 5.32 Å². The van der Waals surface area contributed by atoms with Gasteiger partial charge in [-0.1, -0.05) is 39.5 Å². The SMILES string of the molecule is CC(C)CCCCCCNc1cc(F)cc(F)c1[N+](=O)[O-]. The Morgan fingerprint density at radius 3 is 2.48 bits per heavy atom. The summed E-state index contributed by atoms with van der Waals surface area (Å²) in [5, 5.41) is 13.5. The molecule has 0 saturated heterocycles. The molecule has 1 N–H and O–H groups in total. The van der Waals surface area contributed by atoms with E-state index in [1.54, 1.807) is 0 Å². The lowest BCUT2D eigenvalue weighted by Gasteiger charge is -2.08. The lowest BCUT2D eigenvalue weighted by Crippen LogP contribution is -2.06. The number of rotatable bonds is 9. The number of nitrogens with one attached hydrogen (secondary N) is 1. The van der Waals surface area contributed by atoms with Crippen molar-refractivity contribution in [3.63, 3.8) is 0 Å². The van der Waals surface area contributed by atoms with Crippen LogP contribution in [0.15, 0.2) is 12.1 Å². The van der Waals surface area contributed by atoms with E-state index >= 15 is 0 Å². The number of nitro benzene ring substituents is 1. The molecule has 0 aliphatic heterocycles. The van der Waals surface area contributed by atoms with Crippen molar-refractivity contribution in [3.05, 3.63) is 33.9 Å². The Hall–Kier alpha value is -1.72. The smallest absolute Gasteiger partial charge is 0.327 e. The highest BCUT2D eigenvalue weighted by Gasteiger charge is 2.21. The van der Waals surface area contributed by atoms with Gasteiger partial charge in [0, 0.05) is 18.7 Å². The maximum atomic E-state index is 13.4. The fraction of sp³-hybridized carbons (Fsp3) is 0.600. The predicted molar refractivity (Wildman–Crippen MR) is 79.4 cm³/mol. The molecule has 0 radical (unpaired) electrons. The highest BCUT2D eigenvalue weighted by Crippen LogP contribution is 2.28. The summed E-state index contributed by atoms with van der Waals surface area (Å²) in [5.74, 6) is -1.28. The van der Waals surface area contributed by atoms with Gasteiger partial charge in [0.25, 0.3) is 0 Å². The van der Waals surface area contributed by atoms with Gasteiger partial charge in [0.15, 0.2) is 0 Å². The summed E-state index contributed by atoms with van der Waals surface area (Å²) >= 11 is 0. The third kappa shape index (κ3) is 6.06. The van der Waals surface area contributed by atoms with E-state index < -0.39 is 22.2 Å². The summed E-state index contributed by atoms with van der Waals surface area (Å²) in [5.41, 5.74) is -0.795. The predicted octanol–water partition coefficient (Wildman–Crippen LogP) is 4.89. The van der Waals surface area contributed by atoms with Crippen molar-refractivity contribution in [3.8, 4) is 0 Å². The zero-order chi connectivity index (χ0) is 15.8. The summed E-state index contributed by atoms with van der Waals surface area (Å²) in [6, 6.07) is 1.48. The number of benzene rings is 1. The zero-order valence-corrected chi connectivity index (χ0v) is 12.5. The van der Waals surface area contributed by atoms with Gasteiger partial charge in [0.1, 0.15) is 11.5 Å². The van der Waals surface area contributed by atoms with Crippen molar-refractivity contribution >= 4 is 11.4 Å². The molecule has 1 aromatic rings. The van der Waals surface area contributed by atoms with Crippen LogP contribution in [0.3, 0.4) is 0 Å². The van der Waals surface area contributed by atoms with E-state index in [1.165, 1.54) is 6.42 Å². The van der Waals surface area contributed by atoms with Crippen LogP contribution in [0.4, 0.5) is 20.2 Å². The van der Waals surface area contributed by atoms with Crippen LogP contribution >= 0.6 is 0 Å². The molecule has 0 atom stereocenters. The van der Waals surface area contributed by atoms with Crippen molar-refractivity contribution in [2.24, 2.45) is 5.92 Å². The first kappa shape index (κ1) is 17.3. The van der Waals surface area contributed by atoms with Gasteiger partial charge >= 0.3 is 5.69 Å². The number of nitro groups is 1. The van der Waals surface area contributed by atoms with Crippen LogP contribution in [-0.4, -0.2) is 11.5 Å². The van der Waals surface area contributed by atoms with Crippen LogP contribution in [0, 0.1) is 27.7 Å². The second kappa shape index (κ2) is 8.54. The largest absolute Gasteiger partial charge is 0.379 e. The Balaban J connectivity index is 2.43. The van der Waals surface area contributed by atoms with E-state index in [4.69, 9.17) is 0 Å². The molecule has 21 heavy (non-hydrogen) atoms. The second-order valence-electron chi connectivity index (χ2n) is 5.56. The van der Waals surface area contributed by atoms with Gasteiger partial charge in [-0.3, -0.25) is 10.1 Å². The topological polar surface area (TPSA) is 55.2 Å². The van der Waals surface area contributed by atoms with E-state index in [-0.39, 0.29) is 5.69 Å². The highest BCUT2D eigenvalue weighted by molar-refractivity contribution is 5.62. The first-order valence-electron chi connectivity index (χ1n) is 7.29. The summed E-state index contributed by atoms with van der Waals surface area (Å²) in [6.07, 6.45) is 5.25. The molecule has 0 aliphatic carbocycles. The monoisotopic (exact) mass is 300 g/mol. The third-order valence-electron chi connectivity index (χ3n) is 3.23. The summed E-state index contributed by atoms with van der Waals surface area (Å²) in [6.45, 7) is 4.82. The van der Waals surface area contributed by atoms with Crippen LogP contribution in [0.25, 0.3) is 0 Å². The molecule has 0 fully saturated rings. The molecule has 118 valence electrons. The Labute approximate surface area is 123 Å². The number of anilines is 1. The maximum absolute atomic E-state index is 13.4. The Morgan fingerprint density at radius 2 is 1.86 bits per heavy atom. The molecule has 1 rings (SSSR count). The molecule has 1 aromatic carbocycles.